The zero-order chi connectivity index (χ0) is 12.5. The minimum Gasteiger partial charge on any atom is -0.316 e. The minimum absolute atomic E-state index is 0.0519. The van der Waals surface area contributed by atoms with E-state index in [0.29, 0.717) is 5.92 Å². The highest BCUT2D eigenvalue weighted by Crippen LogP contribution is 2.53. The Balaban J connectivity index is 2.03. The first-order valence-electron chi connectivity index (χ1n) is 6.23. The van der Waals surface area contributed by atoms with E-state index in [2.05, 4.69) is 19.2 Å². The molecule has 0 spiro atoms. The third-order valence-corrected chi connectivity index (χ3v) is 3.75. The first-order valence-corrected chi connectivity index (χ1v) is 6.23. The second kappa shape index (κ2) is 4.73. The SMILES string of the molecule is CCCNCC1CC1(C)c1cc(F)cc(F)c1. The highest BCUT2D eigenvalue weighted by Gasteiger charge is 2.50. The summed E-state index contributed by atoms with van der Waals surface area (Å²) in [7, 11) is 0. The Bertz CT molecular complexity index is 385. The Labute approximate surface area is 101 Å². The molecule has 3 heteroatoms. The molecule has 2 atom stereocenters. The number of hydrogen-bond acceptors (Lipinski definition) is 1. The molecule has 0 aliphatic heterocycles. The topological polar surface area (TPSA) is 12.0 Å². The van der Waals surface area contributed by atoms with Crippen LogP contribution in [-0.4, -0.2) is 13.1 Å². The number of benzene rings is 1. The van der Waals surface area contributed by atoms with Crippen molar-refractivity contribution in [1.29, 1.82) is 0 Å². The lowest BCUT2D eigenvalue weighted by Crippen LogP contribution is -2.21. The fourth-order valence-electron chi connectivity index (χ4n) is 2.44. The summed E-state index contributed by atoms with van der Waals surface area (Å²) in [6.07, 6.45) is 2.12. The van der Waals surface area contributed by atoms with Crippen molar-refractivity contribution in [3.05, 3.63) is 35.4 Å². The van der Waals surface area contributed by atoms with Gasteiger partial charge in [-0.25, -0.2) is 8.78 Å². The van der Waals surface area contributed by atoms with Crippen LogP contribution in [-0.2, 0) is 5.41 Å². The summed E-state index contributed by atoms with van der Waals surface area (Å²) in [6, 6.07) is 3.85. The molecule has 1 aliphatic carbocycles. The van der Waals surface area contributed by atoms with Gasteiger partial charge in [0.2, 0.25) is 0 Å². The average Bonchev–Trinajstić information content (AvgIpc) is 2.90. The molecule has 1 aromatic rings. The van der Waals surface area contributed by atoms with Crippen LogP contribution in [0.3, 0.4) is 0 Å². The van der Waals surface area contributed by atoms with Crippen LogP contribution in [0.2, 0.25) is 0 Å². The molecule has 2 unspecified atom stereocenters. The molecular weight excluding hydrogens is 220 g/mol. The van der Waals surface area contributed by atoms with Crippen LogP contribution >= 0.6 is 0 Å². The van der Waals surface area contributed by atoms with Gasteiger partial charge in [-0.1, -0.05) is 13.8 Å². The fraction of sp³-hybridized carbons (Fsp3) is 0.571. The number of hydrogen-bond donors (Lipinski definition) is 1. The van der Waals surface area contributed by atoms with Crippen LogP contribution in [0.15, 0.2) is 18.2 Å². The third kappa shape index (κ3) is 2.65. The summed E-state index contributed by atoms with van der Waals surface area (Å²) in [5.41, 5.74) is 0.738. The van der Waals surface area contributed by atoms with Crippen molar-refractivity contribution in [2.24, 2.45) is 5.92 Å². The summed E-state index contributed by atoms with van der Waals surface area (Å²) in [4.78, 5) is 0. The van der Waals surface area contributed by atoms with Gasteiger partial charge in [-0.15, -0.1) is 0 Å². The smallest absolute Gasteiger partial charge is 0.126 e. The van der Waals surface area contributed by atoms with Gasteiger partial charge in [-0.3, -0.25) is 0 Å². The van der Waals surface area contributed by atoms with E-state index in [1.54, 1.807) is 0 Å². The normalized spacial score (nSPS) is 27.2. The van der Waals surface area contributed by atoms with Crippen molar-refractivity contribution in [3.63, 3.8) is 0 Å². The molecule has 1 N–H and O–H groups in total. The summed E-state index contributed by atoms with van der Waals surface area (Å²) in [6.45, 7) is 6.15. The van der Waals surface area contributed by atoms with Crippen molar-refractivity contribution < 1.29 is 8.78 Å². The first kappa shape index (κ1) is 12.5. The molecular formula is C14H19F2N. The molecule has 0 saturated heterocycles. The van der Waals surface area contributed by atoms with E-state index in [1.165, 1.54) is 12.1 Å². The van der Waals surface area contributed by atoms with Crippen LogP contribution in [0.5, 0.6) is 0 Å². The second-order valence-corrected chi connectivity index (χ2v) is 5.18. The lowest BCUT2D eigenvalue weighted by atomic mass is 9.95. The molecule has 2 rings (SSSR count). The molecule has 1 aromatic carbocycles. The molecule has 1 fully saturated rings. The van der Waals surface area contributed by atoms with Crippen molar-refractivity contribution in [2.75, 3.05) is 13.1 Å². The summed E-state index contributed by atoms with van der Waals surface area (Å²) in [5, 5.41) is 3.36. The average molecular weight is 239 g/mol. The van der Waals surface area contributed by atoms with E-state index in [4.69, 9.17) is 0 Å². The van der Waals surface area contributed by atoms with Crippen molar-refractivity contribution in [3.8, 4) is 0 Å². The molecule has 1 saturated carbocycles. The van der Waals surface area contributed by atoms with Crippen LogP contribution in [0.4, 0.5) is 8.78 Å². The standard InChI is InChI=1S/C14H19F2N/c1-3-4-17-9-11-8-14(11,2)10-5-12(15)7-13(16)6-10/h5-7,11,17H,3-4,8-9H2,1-2H3. The Morgan fingerprint density at radius 3 is 2.53 bits per heavy atom. The Morgan fingerprint density at radius 1 is 1.29 bits per heavy atom. The van der Waals surface area contributed by atoms with Crippen molar-refractivity contribution >= 4 is 0 Å². The maximum atomic E-state index is 13.2. The van der Waals surface area contributed by atoms with Crippen LogP contribution in [0.25, 0.3) is 0 Å². The van der Waals surface area contributed by atoms with E-state index in [1.807, 2.05) is 0 Å². The van der Waals surface area contributed by atoms with Gasteiger partial charge >= 0.3 is 0 Å². The maximum absolute atomic E-state index is 13.2. The monoisotopic (exact) mass is 239 g/mol. The molecule has 0 bridgehead atoms. The molecule has 0 radical (unpaired) electrons. The Kier molecular flexibility index (Phi) is 3.48. The zero-order valence-electron chi connectivity index (χ0n) is 10.4. The van der Waals surface area contributed by atoms with Crippen LogP contribution < -0.4 is 5.32 Å². The Morgan fingerprint density at radius 2 is 1.94 bits per heavy atom. The van der Waals surface area contributed by atoms with Gasteiger partial charge in [0.1, 0.15) is 11.6 Å². The number of halogens is 2. The molecule has 94 valence electrons. The Hall–Kier alpha value is -0.960. The van der Waals surface area contributed by atoms with Gasteiger partial charge < -0.3 is 5.32 Å². The van der Waals surface area contributed by atoms with Crippen molar-refractivity contribution in [2.45, 2.75) is 32.1 Å². The zero-order valence-corrected chi connectivity index (χ0v) is 10.4. The van der Waals surface area contributed by atoms with Gasteiger partial charge in [-0.05, 0) is 55.0 Å². The molecule has 17 heavy (non-hydrogen) atoms. The van der Waals surface area contributed by atoms with Gasteiger partial charge in [0, 0.05) is 6.07 Å². The van der Waals surface area contributed by atoms with Crippen LogP contribution in [0, 0.1) is 17.6 Å². The van der Waals surface area contributed by atoms with Gasteiger partial charge in [0.15, 0.2) is 0 Å². The maximum Gasteiger partial charge on any atom is 0.126 e. The molecule has 1 aliphatic rings. The van der Waals surface area contributed by atoms with E-state index in [9.17, 15) is 8.78 Å². The lowest BCUT2D eigenvalue weighted by molar-refractivity contribution is 0.553. The highest BCUT2D eigenvalue weighted by atomic mass is 19.1. The summed E-state index contributed by atoms with van der Waals surface area (Å²) >= 11 is 0. The van der Waals surface area contributed by atoms with E-state index < -0.39 is 11.6 Å². The quantitative estimate of drug-likeness (QED) is 0.778. The van der Waals surface area contributed by atoms with E-state index in [-0.39, 0.29) is 5.41 Å². The van der Waals surface area contributed by atoms with Gasteiger partial charge in [0.05, 0.1) is 0 Å². The first-order chi connectivity index (χ1) is 8.06. The van der Waals surface area contributed by atoms with Crippen molar-refractivity contribution in [1.82, 2.24) is 5.32 Å². The van der Waals surface area contributed by atoms with Gasteiger partial charge in [0.25, 0.3) is 0 Å². The lowest BCUT2D eigenvalue weighted by Gasteiger charge is -2.12. The molecule has 0 amide bonds. The van der Waals surface area contributed by atoms with Crippen LogP contribution in [0.1, 0.15) is 32.3 Å². The second-order valence-electron chi connectivity index (χ2n) is 5.18. The highest BCUT2D eigenvalue weighted by molar-refractivity contribution is 5.33. The minimum atomic E-state index is -0.478. The van der Waals surface area contributed by atoms with E-state index in [0.717, 1.165) is 37.6 Å². The van der Waals surface area contributed by atoms with Gasteiger partial charge in [-0.2, -0.15) is 0 Å². The number of nitrogens with one attached hydrogen (secondary N) is 1. The summed E-state index contributed by atoms with van der Waals surface area (Å²) in [5.74, 6) is -0.461. The largest absolute Gasteiger partial charge is 0.316 e. The summed E-state index contributed by atoms with van der Waals surface area (Å²) < 4.78 is 26.3. The number of rotatable bonds is 5. The molecule has 1 nitrogen and oxygen atoms in total. The predicted molar refractivity (Wildman–Crippen MR) is 65.0 cm³/mol. The third-order valence-electron chi connectivity index (χ3n) is 3.75. The predicted octanol–water partition coefficient (Wildman–Crippen LogP) is 3.24. The fourth-order valence-corrected chi connectivity index (χ4v) is 2.44. The van der Waals surface area contributed by atoms with E-state index >= 15 is 0 Å². The molecule has 0 heterocycles. The molecule has 0 aromatic heterocycles.